The number of hydrogen-bond acceptors (Lipinski definition) is 4. The van der Waals surface area contributed by atoms with Crippen molar-refractivity contribution in [1.29, 1.82) is 0 Å². The summed E-state index contributed by atoms with van der Waals surface area (Å²) in [5, 5.41) is 3.28. The van der Waals surface area contributed by atoms with Crippen LogP contribution < -0.4 is 11.1 Å². The van der Waals surface area contributed by atoms with Crippen molar-refractivity contribution < 1.29 is 8.42 Å². The van der Waals surface area contributed by atoms with Crippen LogP contribution in [0.5, 0.6) is 0 Å². The van der Waals surface area contributed by atoms with Gasteiger partial charge in [-0.15, -0.1) is 0 Å². The van der Waals surface area contributed by atoms with E-state index in [4.69, 9.17) is 5.73 Å². The van der Waals surface area contributed by atoms with Crippen molar-refractivity contribution >= 4 is 9.84 Å². The number of rotatable bonds is 4. The molecule has 17 heavy (non-hydrogen) atoms. The predicted octanol–water partition coefficient (Wildman–Crippen LogP) is 0.422. The summed E-state index contributed by atoms with van der Waals surface area (Å²) in [6.45, 7) is 1.26. The van der Waals surface area contributed by atoms with E-state index in [2.05, 4.69) is 5.32 Å². The molecule has 0 spiro atoms. The van der Waals surface area contributed by atoms with Crippen molar-refractivity contribution in [3.8, 4) is 0 Å². The molecule has 3 N–H and O–H groups in total. The van der Waals surface area contributed by atoms with E-state index in [1.807, 2.05) is 24.3 Å². The Bertz CT molecular complexity index is 468. The molecule has 0 aliphatic carbocycles. The smallest absolute Gasteiger partial charge is 0.151 e. The van der Waals surface area contributed by atoms with Gasteiger partial charge in [0.25, 0.3) is 0 Å². The van der Waals surface area contributed by atoms with Crippen LogP contribution in [0.3, 0.4) is 0 Å². The highest BCUT2D eigenvalue weighted by molar-refractivity contribution is 7.91. The first-order valence-electron chi connectivity index (χ1n) is 5.81. The zero-order valence-corrected chi connectivity index (χ0v) is 10.5. The highest BCUT2D eigenvalue weighted by atomic mass is 32.2. The third-order valence-electron chi connectivity index (χ3n) is 3.09. The highest BCUT2D eigenvalue weighted by Gasteiger charge is 2.27. The Hall–Kier alpha value is -0.910. The molecule has 2 rings (SSSR count). The Morgan fingerprint density at radius 2 is 1.88 bits per heavy atom. The summed E-state index contributed by atoms with van der Waals surface area (Å²) >= 11 is 0. The van der Waals surface area contributed by atoms with Crippen LogP contribution in [-0.4, -0.2) is 26.0 Å². The fourth-order valence-corrected chi connectivity index (χ4v) is 3.72. The van der Waals surface area contributed by atoms with E-state index in [0.29, 0.717) is 18.8 Å². The summed E-state index contributed by atoms with van der Waals surface area (Å²) in [5.41, 5.74) is 7.79. The summed E-state index contributed by atoms with van der Waals surface area (Å²) in [6.07, 6.45) is 0.725. The number of hydrogen-bond donors (Lipinski definition) is 2. The lowest BCUT2D eigenvalue weighted by Crippen LogP contribution is -2.29. The van der Waals surface area contributed by atoms with Crippen LogP contribution in [0.1, 0.15) is 17.5 Å². The molecule has 1 aliphatic rings. The normalized spacial score (nSPS) is 22.8. The van der Waals surface area contributed by atoms with Gasteiger partial charge in [0, 0.05) is 19.1 Å². The van der Waals surface area contributed by atoms with Gasteiger partial charge in [-0.05, 0) is 17.5 Å². The van der Waals surface area contributed by atoms with E-state index in [1.54, 1.807) is 0 Å². The summed E-state index contributed by atoms with van der Waals surface area (Å²) < 4.78 is 22.6. The first-order valence-corrected chi connectivity index (χ1v) is 7.63. The second-order valence-corrected chi connectivity index (χ2v) is 6.73. The largest absolute Gasteiger partial charge is 0.326 e. The van der Waals surface area contributed by atoms with Crippen LogP contribution in [-0.2, 0) is 22.9 Å². The zero-order chi connectivity index (χ0) is 12.3. The standard InChI is InChI=1S/C12H18N2O2S/c13-7-10-1-3-11(4-2-10)8-14-12-5-6-17(15,16)9-12/h1-4,12,14H,5-9,13H2. The van der Waals surface area contributed by atoms with Crippen LogP contribution in [0.4, 0.5) is 0 Å². The Morgan fingerprint density at radius 1 is 1.24 bits per heavy atom. The molecule has 1 aromatic carbocycles. The van der Waals surface area contributed by atoms with Crippen molar-refractivity contribution in [2.75, 3.05) is 11.5 Å². The minimum Gasteiger partial charge on any atom is -0.326 e. The predicted molar refractivity (Wildman–Crippen MR) is 68.2 cm³/mol. The van der Waals surface area contributed by atoms with Gasteiger partial charge in [0.05, 0.1) is 11.5 Å². The van der Waals surface area contributed by atoms with Crippen LogP contribution in [0.25, 0.3) is 0 Å². The fraction of sp³-hybridized carbons (Fsp3) is 0.500. The lowest BCUT2D eigenvalue weighted by atomic mass is 10.1. The summed E-state index contributed by atoms with van der Waals surface area (Å²) in [7, 11) is -2.79. The van der Waals surface area contributed by atoms with Gasteiger partial charge in [-0.3, -0.25) is 0 Å². The molecule has 1 heterocycles. The quantitative estimate of drug-likeness (QED) is 0.817. The van der Waals surface area contributed by atoms with Gasteiger partial charge < -0.3 is 11.1 Å². The van der Waals surface area contributed by atoms with Crippen molar-refractivity contribution in [1.82, 2.24) is 5.32 Å². The molecule has 5 heteroatoms. The number of nitrogens with two attached hydrogens (primary N) is 1. The van der Waals surface area contributed by atoms with Gasteiger partial charge in [0.1, 0.15) is 0 Å². The Kier molecular flexibility index (Phi) is 3.81. The van der Waals surface area contributed by atoms with E-state index < -0.39 is 9.84 Å². The maximum Gasteiger partial charge on any atom is 0.151 e. The third-order valence-corrected chi connectivity index (χ3v) is 4.85. The van der Waals surface area contributed by atoms with Gasteiger partial charge in [-0.25, -0.2) is 8.42 Å². The van der Waals surface area contributed by atoms with Crippen LogP contribution in [0, 0.1) is 0 Å². The molecule has 1 saturated heterocycles. The number of nitrogens with one attached hydrogen (secondary N) is 1. The maximum atomic E-state index is 11.3. The van der Waals surface area contributed by atoms with Crippen LogP contribution >= 0.6 is 0 Å². The molecule has 0 amide bonds. The van der Waals surface area contributed by atoms with Crippen molar-refractivity contribution in [3.63, 3.8) is 0 Å². The molecule has 1 aliphatic heterocycles. The molecule has 1 fully saturated rings. The minimum atomic E-state index is -2.79. The molecule has 4 nitrogen and oxygen atoms in total. The summed E-state index contributed by atoms with van der Waals surface area (Å²) in [5.74, 6) is 0.588. The van der Waals surface area contributed by atoms with E-state index in [1.165, 1.54) is 0 Å². The Labute approximate surface area is 102 Å². The van der Waals surface area contributed by atoms with Gasteiger partial charge >= 0.3 is 0 Å². The Balaban J connectivity index is 1.86. The van der Waals surface area contributed by atoms with E-state index >= 15 is 0 Å². The summed E-state index contributed by atoms with van der Waals surface area (Å²) in [6, 6.07) is 8.16. The maximum absolute atomic E-state index is 11.3. The SMILES string of the molecule is NCc1ccc(CNC2CCS(=O)(=O)C2)cc1. The van der Waals surface area contributed by atoms with Crippen molar-refractivity contribution in [3.05, 3.63) is 35.4 Å². The molecular formula is C12H18N2O2S. The minimum absolute atomic E-state index is 0.106. The van der Waals surface area contributed by atoms with Gasteiger partial charge in [0.15, 0.2) is 9.84 Å². The molecule has 1 atom stereocenters. The number of sulfone groups is 1. The lowest BCUT2D eigenvalue weighted by Gasteiger charge is -2.10. The van der Waals surface area contributed by atoms with Crippen molar-refractivity contribution in [2.45, 2.75) is 25.6 Å². The third kappa shape index (κ3) is 3.52. The average molecular weight is 254 g/mol. The first kappa shape index (κ1) is 12.5. The molecule has 1 aromatic rings. The molecule has 0 saturated carbocycles. The fourth-order valence-electron chi connectivity index (χ4n) is 2.01. The van der Waals surface area contributed by atoms with Gasteiger partial charge in [-0.1, -0.05) is 24.3 Å². The molecule has 0 radical (unpaired) electrons. The molecule has 94 valence electrons. The highest BCUT2D eigenvalue weighted by Crippen LogP contribution is 2.12. The first-order chi connectivity index (χ1) is 8.09. The monoisotopic (exact) mass is 254 g/mol. The van der Waals surface area contributed by atoms with E-state index in [9.17, 15) is 8.42 Å². The van der Waals surface area contributed by atoms with Crippen molar-refractivity contribution in [2.24, 2.45) is 5.73 Å². The average Bonchev–Trinajstić information content (AvgIpc) is 2.67. The second-order valence-electron chi connectivity index (χ2n) is 4.50. The molecule has 0 aromatic heterocycles. The number of benzene rings is 1. The molecular weight excluding hydrogens is 236 g/mol. The second kappa shape index (κ2) is 5.16. The van der Waals surface area contributed by atoms with Crippen LogP contribution in [0.15, 0.2) is 24.3 Å². The Morgan fingerprint density at radius 3 is 2.41 bits per heavy atom. The molecule has 1 unspecified atom stereocenters. The molecule has 0 bridgehead atoms. The zero-order valence-electron chi connectivity index (χ0n) is 9.72. The van der Waals surface area contributed by atoms with E-state index in [0.717, 1.165) is 17.5 Å². The topological polar surface area (TPSA) is 72.2 Å². The van der Waals surface area contributed by atoms with Crippen LogP contribution in [0.2, 0.25) is 0 Å². The van der Waals surface area contributed by atoms with Gasteiger partial charge in [-0.2, -0.15) is 0 Å². The summed E-state index contributed by atoms with van der Waals surface area (Å²) in [4.78, 5) is 0. The lowest BCUT2D eigenvalue weighted by molar-refractivity contribution is 0.554. The van der Waals surface area contributed by atoms with E-state index in [-0.39, 0.29) is 11.8 Å². The van der Waals surface area contributed by atoms with Gasteiger partial charge in [0.2, 0.25) is 0 Å².